The number of rotatable bonds is 11. The first-order valence-electron chi connectivity index (χ1n) is 15.3. The quantitative estimate of drug-likeness (QED) is 0.185. The molecule has 2 amide bonds. The van der Waals surface area contributed by atoms with Crippen molar-refractivity contribution in [2.24, 2.45) is 0 Å². The Kier molecular flexibility index (Phi) is 10.8. The summed E-state index contributed by atoms with van der Waals surface area (Å²) in [7, 11) is -3.70. The highest BCUT2D eigenvalue weighted by Crippen LogP contribution is 2.38. The Balaban J connectivity index is 1.50. The summed E-state index contributed by atoms with van der Waals surface area (Å²) < 4.78 is 31.1. The number of carbonyl (C=O) groups is 2. The number of carbonyl (C=O) groups excluding carboxylic acids is 2. The molecule has 246 valence electrons. The lowest BCUT2D eigenvalue weighted by Crippen LogP contribution is -2.40. The normalized spacial score (nSPS) is 14.5. The van der Waals surface area contributed by atoms with E-state index in [2.05, 4.69) is 4.72 Å². The molecular formula is C34H41N3O8S. The zero-order valence-electron chi connectivity index (χ0n) is 26.6. The van der Waals surface area contributed by atoms with Gasteiger partial charge in [-0.25, -0.2) is 17.9 Å². The number of sulfonamides is 1. The summed E-state index contributed by atoms with van der Waals surface area (Å²) in [5, 5.41) is 21.9. The monoisotopic (exact) mass is 651 g/mol. The molecule has 1 aliphatic carbocycles. The van der Waals surface area contributed by atoms with E-state index in [0.29, 0.717) is 17.5 Å². The molecule has 1 aliphatic rings. The second kappa shape index (κ2) is 14.4. The van der Waals surface area contributed by atoms with Crippen molar-refractivity contribution in [3.63, 3.8) is 0 Å². The average Bonchev–Trinajstić information content (AvgIpc) is 3.52. The predicted octanol–water partition coefficient (Wildman–Crippen LogP) is 6.12. The van der Waals surface area contributed by atoms with E-state index in [9.17, 15) is 33.2 Å². The molecule has 1 fully saturated rings. The van der Waals surface area contributed by atoms with Gasteiger partial charge in [0.1, 0.15) is 5.60 Å². The molecule has 0 aromatic heterocycles. The van der Waals surface area contributed by atoms with Crippen LogP contribution in [0.2, 0.25) is 0 Å². The first kappa shape index (κ1) is 34.6. The Morgan fingerprint density at radius 2 is 1.63 bits per heavy atom. The molecule has 1 saturated carbocycles. The van der Waals surface area contributed by atoms with E-state index in [-0.39, 0.29) is 24.7 Å². The van der Waals surface area contributed by atoms with Gasteiger partial charge in [0.05, 0.1) is 23.8 Å². The summed E-state index contributed by atoms with van der Waals surface area (Å²) in [5.41, 5.74) is 3.61. The minimum atomic E-state index is -3.70. The molecular weight excluding hydrogens is 610 g/mol. The summed E-state index contributed by atoms with van der Waals surface area (Å²) >= 11 is 0. The number of nitrogens with one attached hydrogen (secondary N) is 1. The Bertz CT molecular complexity index is 1660. The van der Waals surface area contributed by atoms with Crippen LogP contribution in [-0.4, -0.2) is 60.3 Å². The van der Waals surface area contributed by atoms with Crippen LogP contribution in [0.1, 0.15) is 85.5 Å². The van der Waals surface area contributed by atoms with Gasteiger partial charge in [0.15, 0.2) is 0 Å². The molecule has 0 radical (unpaired) electrons. The van der Waals surface area contributed by atoms with Crippen LogP contribution in [0.4, 0.5) is 10.5 Å². The highest BCUT2D eigenvalue weighted by Gasteiger charge is 2.26. The molecule has 0 saturated heterocycles. The number of ether oxygens (including phenoxy) is 1. The Morgan fingerprint density at radius 1 is 1.02 bits per heavy atom. The Morgan fingerprint density at radius 3 is 2.20 bits per heavy atom. The van der Waals surface area contributed by atoms with E-state index in [1.54, 1.807) is 26.8 Å². The van der Waals surface area contributed by atoms with Crippen molar-refractivity contribution in [3.05, 3.63) is 99.1 Å². The van der Waals surface area contributed by atoms with Gasteiger partial charge in [-0.15, -0.1) is 0 Å². The third-order valence-corrected chi connectivity index (χ3v) is 8.42. The topological polar surface area (TPSA) is 156 Å². The van der Waals surface area contributed by atoms with Gasteiger partial charge in [-0.05, 0) is 92.0 Å². The number of nitro groups is 1. The standard InChI is InChI=1S/C34H41N3O8S/c1-34(2,3)45-33(40)36(22-31(38)26-13-16-28(17-14-26)37(41)42)20-19-23-9-11-24(12-10-23)27-15-18-29(32(39)35-46(4,43)44)30(21-27)25-7-5-6-8-25/h9-18,21,25,31,38H,5-8,19-20,22H2,1-4H3,(H,35,39)/t31-/m0/s1. The molecule has 12 heteroatoms. The van der Waals surface area contributed by atoms with Crippen molar-refractivity contribution >= 4 is 27.7 Å². The van der Waals surface area contributed by atoms with Crippen molar-refractivity contribution in [2.75, 3.05) is 19.3 Å². The van der Waals surface area contributed by atoms with Crippen molar-refractivity contribution < 1.29 is 32.8 Å². The third-order valence-electron chi connectivity index (χ3n) is 7.86. The number of aliphatic hydroxyl groups excluding tert-OH is 1. The number of amides is 2. The van der Waals surface area contributed by atoms with Crippen LogP contribution >= 0.6 is 0 Å². The number of benzene rings is 3. The summed E-state index contributed by atoms with van der Waals surface area (Å²) in [5.74, 6) is -0.445. The smallest absolute Gasteiger partial charge is 0.410 e. The molecule has 1 atom stereocenters. The molecule has 11 nitrogen and oxygen atoms in total. The van der Waals surface area contributed by atoms with Gasteiger partial charge in [-0.2, -0.15) is 0 Å². The lowest BCUT2D eigenvalue weighted by atomic mass is 9.89. The molecule has 0 spiro atoms. The highest BCUT2D eigenvalue weighted by molar-refractivity contribution is 7.89. The fourth-order valence-electron chi connectivity index (χ4n) is 5.59. The van der Waals surface area contributed by atoms with E-state index in [1.807, 2.05) is 36.4 Å². The van der Waals surface area contributed by atoms with Crippen LogP contribution < -0.4 is 4.72 Å². The lowest BCUT2D eigenvalue weighted by molar-refractivity contribution is -0.384. The average molecular weight is 652 g/mol. The number of hydrogen-bond acceptors (Lipinski definition) is 8. The molecule has 3 aromatic rings. The second-order valence-electron chi connectivity index (χ2n) is 12.7. The lowest BCUT2D eigenvalue weighted by Gasteiger charge is -2.29. The molecule has 0 bridgehead atoms. The Labute approximate surface area is 269 Å². The maximum atomic E-state index is 13.1. The number of aliphatic hydroxyl groups is 1. The first-order valence-corrected chi connectivity index (χ1v) is 17.1. The van der Waals surface area contributed by atoms with Crippen molar-refractivity contribution in [1.82, 2.24) is 9.62 Å². The molecule has 0 heterocycles. The number of hydrogen-bond donors (Lipinski definition) is 2. The second-order valence-corrected chi connectivity index (χ2v) is 14.5. The fourth-order valence-corrected chi connectivity index (χ4v) is 6.04. The Hall–Kier alpha value is -4.29. The zero-order valence-corrected chi connectivity index (χ0v) is 27.4. The van der Waals surface area contributed by atoms with Gasteiger partial charge in [-0.1, -0.05) is 49.2 Å². The van der Waals surface area contributed by atoms with Gasteiger partial charge in [0.2, 0.25) is 10.0 Å². The summed E-state index contributed by atoms with van der Waals surface area (Å²) in [6.45, 7) is 5.48. The van der Waals surface area contributed by atoms with E-state index in [0.717, 1.165) is 54.2 Å². The van der Waals surface area contributed by atoms with Crippen LogP contribution in [0, 0.1) is 10.1 Å². The van der Waals surface area contributed by atoms with Crippen molar-refractivity contribution in [2.45, 2.75) is 70.5 Å². The molecule has 3 aromatic carbocycles. The van der Waals surface area contributed by atoms with Gasteiger partial charge < -0.3 is 14.7 Å². The van der Waals surface area contributed by atoms with Crippen molar-refractivity contribution in [1.29, 1.82) is 0 Å². The number of non-ortho nitro benzene ring substituents is 1. The van der Waals surface area contributed by atoms with Gasteiger partial charge in [-0.3, -0.25) is 14.9 Å². The highest BCUT2D eigenvalue weighted by atomic mass is 32.2. The van der Waals surface area contributed by atoms with Gasteiger partial charge in [0.25, 0.3) is 11.6 Å². The first-order chi connectivity index (χ1) is 21.6. The van der Waals surface area contributed by atoms with Crippen LogP contribution in [0.5, 0.6) is 0 Å². The van der Waals surface area contributed by atoms with Crippen LogP contribution in [-0.2, 0) is 21.2 Å². The molecule has 4 rings (SSSR count). The summed E-state index contributed by atoms with van der Waals surface area (Å²) in [4.78, 5) is 37.8. The molecule has 0 unspecified atom stereocenters. The van der Waals surface area contributed by atoms with E-state index in [4.69, 9.17) is 4.74 Å². The fraction of sp³-hybridized carbons (Fsp3) is 0.412. The SMILES string of the molecule is CC(C)(C)OC(=O)N(CCc1ccc(-c2ccc(C(=O)NS(C)(=O)=O)c(C3CCCC3)c2)cc1)C[C@H](O)c1ccc([N+](=O)[O-])cc1. The summed E-state index contributed by atoms with van der Waals surface area (Å²) in [6, 6.07) is 18.9. The minimum absolute atomic E-state index is 0.0615. The van der Waals surface area contributed by atoms with E-state index < -0.39 is 38.7 Å². The van der Waals surface area contributed by atoms with Gasteiger partial charge in [0, 0.05) is 24.2 Å². The van der Waals surface area contributed by atoms with Crippen molar-refractivity contribution in [3.8, 4) is 11.1 Å². The van der Waals surface area contributed by atoms with Crippen LogP contribution in [0.25, 0.3) is 11.1 Å². The molecule has 0 aliphatic heterocycles. The predicted molar refractivity (Wildman–Crippen MR) is 175 cm³/mol. The number of nitrogens with zero attached hydrogens (tertiary/aromatic N) is 2. The molecule has 46 heavy (non-hydrogen) atoms. The van der Waals surface area contributed by atoms with E-state index >= 15 is 0 Å². The maximum absolute atomic E-state index is 13.1. The molecule has 2 N–H and O–H groups in total. The van der Waals surface area contributed by atoms with E-state index in [1.165, 1.54) is 29.2 Å². The number of nitro benzene ring substituents is 1. The zero-order chi connectivity index (χ0) is 33.6. The van der Waals surface area contributed by atoms with Crippen LogP contribution in [0.3, 0.4) is 0 Å². The largest absolute Gasteiger partial charge is 0.444 e. The minimum Gasteiger partial charge on any atom is -0.444 e. The summed E-state index contributed by atoms with van der Waals surface area (Å²) in [6.07, 6.45) is 3.78. The van der Waals surface area contributed by atoms with Gasteiger partial charge >= 0.3 is 6.09 Å². The van der Waals surface area contributed by atoms with Crippen LogP contribution in [0.15, 0.2) is 66.7 Å². The third kappa shape index (κ3) is 9.60. The maximum Gasteiger partial charge on any atom is 0.410 e.